The Balaban J connectivity index is 2.50. The van der Waals surface area contributed by atoms with Crippen LogP contribution in [0.4, 0.5) is 5.13 Å². The molecule has 0 unspecified atom stereocenters. The van der Waals surface area contributed by atoms with Crippen molar-refractivity contribution in [3.63, 3.8) is 0 Å². The van der Waals surface area contributed by atoms with E-state index in [0.717, 1.165) is 23.9 Å². The van der Waals surface area contributed by atoms with Crippen molar-refractivity contribution in [2.24, 2.45) is 5.41 Å². The molecule has 0 spiro atoms. The van der Waals surface area contributed by atoms with Gasteiger partial charge in [0.25, 0.3) is 0 Å². The number of anilines is 1. The highest BCUT2D eigenvalue weighted by Gasteiger charge is 2.19. The lowest BCUT2D eigenvalue weighted by molar-refractivity contribution is 0.254. The molecule has 0 radical (unpaired) electrons. The van der Waals surface area contributed by atoms with Gasteiger partial charge in [-0.2, -0.15) is 0 Å². The van der Waals surface area contributed by atoms with E-state index in [0.29, 0.717) is 0 Å². The van der Waals surface area contributed by atoms with Crippen molar-refractivity contribution in [1.82, 2.24) is 9.88 Å². The van der Waals surface area contributed by atoms with Gasteiger partial charge in [-0.3, -0.25) is 0 Å². The maximum atomic E-state index is 4.49. The molecule has 0 fully saturated rings. The molecule has 1 heterocycles. The van der Waals surface area contributed by atoms with Crippen LogP contribution in [-0.4, -0.2) is 37.1 Å². The number of hydrogen-bond donors (Lipinski definition) is 1. The summed E-state index contributed by atoms with van der Waals surface area (Å²) >= 11 is 1.74. The van der Waals surface area contributed by atoms with Crippen molar-refractivity contribution < 1.29 is 0 Å². The zero-order chi connectivity index (χ0) is 12.3. The molecule has 1 aromatic heterocycles. The highest BCUT2D eigenvalue weighted by molar-refractivity contribution is 7.15. The van der Waals surface area contributed by atoms with Crippen LogP contribution < -0.4 is 5.32 Å². The first-order chi connectivity index (χ1) is 7.30. The van der Waals surface area contributed by atoms with Crippen LogP contribution in [0.1, 0.15) is 24.4 Å². The molecule has 0 aliphatic carbocycles. The maximum absolute atomic E-state index is 4.49. The molecule has 92 valence electrons. The minimum Gasteiger partial charge on any atom is -0.361 e. The summed E-state index contributed by atoms with van der Waals surface area (Å²) < 4.78 is 0. The molecular formula is C12H23N3S. The van der Waals surface area contributed by atoms with Crippen LogP contribution in [0.2, 0.25) is 0 Å². The van der Waals surface area contributed by atoms with Crippen molar-refractivity contribution >= 4 is 16.5 Å². The third-order valence-corrected chi connectivity index (χ3v) is 3.52. The summed E-state index contributed by atoms with van der Waals surface area (Å²) in [5.74, 6) is 0. The summed E-state index contributed by atoms with van der Waals surface area (Å²) in [6, 6.07) is 0. The van der Waals surface area contributed by atoms with Crippen molar-refractivity contribution in [2.45, 2.75) is 27.7 Å². The van der Waals surface area contributed by atoms with Gasteiger partial charge in [0.2, 0.25) is 0 Å². The van der Waals surface area contributed by atoms with Gasteiger partial charge in [-0.1, -0.05) is 13.8 Å². The fraction of sp³-hybridized carbons (Fsp3) is 0.750. The molecule has 0 atom stereocenters. The molecule has 1 rings (SSSR count). The monoisotopic (exact) mass is 241 g/mol. The lowest BCUT2D eigenvalue weighted by Gasteiger charge is -2.28. The number of thiazole rings is 1. The molecule has 0 saturated heterocycles. The van der Waals surface area contributed by atoms with Crippen molar-refractivity contribution in [2.75, 3.05) is 32.5 Å². The summed E-state index contributed by atoms with van der Waals surface area (Å²) in [5.41, 5.74) is 1.40. The average Bonchev–Trinajstić information content (AvgIpc) is 2.41. The molecular weight excluding hydrogens is 218 g/mol. The zero-order valence-corrected chi connectivity index (χ0v) is 12.0. The Bertz CT molecular complexity index is 323. The molecule has 0 aliphatic rings. The Hall–Kier alpha value is -0.610. The second-order valence-corrected chi connectivity index (χ2v) is 6.62. The highest BCUT2D eigenvalue weighted by Crippen LogP contribution is 2.23. The largest absolute Gasteiger partial charge is 0.361 e. The minimum absolute atomic E-state index is 0.261. The first-order valence-electron chi connectivity index (χ1n) is 5.63. The van der Waals surface area contributed by atoms with E-state index in [1.54, 1.807) is 11.3 Å². The number of nitrogens with zero attached hydrogens (tertiary/aromatic N) is 2. The molecule has 1 N–H and O–H groups in total. The van der Waals surface area contributed by atoms with Crippen molar-refractivity contribution in [1.29, 1.82) is 0 Å². The summed E-state index contributed by atoms with van der Waals surface area (Å²) in [4.78, 5) is 8.01. The average molecular weight is 241 g/mol. The lowest BCUT2D eigenvalue weighted by atomic mass is 9.93. The van der Waals surface area contributed by atoms with E-state index in [1.807, 2.05) is 0 Å². The van der Waals surface area contributed by atoms with Crippen LogP contribution >= 0.6 is 11.3 Å². The Morgan fingerprint density at radius 2 is 1.94 bits per heavy atom. The molecule has 0 aromatic carbocycles. The van der Waals surface area contributed by atoms with Gasteiger partial charge in [0.15, 0.2) is 5.13 Å². The fourth-order valence-electron chi connectivity index (χ4n) is 1.78. The van der Waals surface area contributed by atoms with Crippen LogP contribution in [0.3, 0.4) is 0 Å². The van der Waals surface area contributed by atoms with Crippen LogP contribution in [-0.2, 0) is 0 Å². The number of hydrogen-bond acceptors (Lipinski definition) is 4. The highest BCUT2D eigenvalue weighted by atomic mass is 32.1. The summed E-state index contributed by atoms with van der Waals surface area (Å²) in [6.07, 6.45) is 0. The van der Waals surface area contributed by atoms with E-state index in [9.17, 15) is 0 Å². The lowest BCUT2D eigenvalue weighted by Crippen LogP contribution is -2.34. The van der Waals surface area contributed by atoms with Gasteiger partial charge in [0.1, 0.15) is 0 Å². The first-order valence-corrected chi connectivity index (χ1v) is 6.44. The van der Waals surface area contributed by atoms with Gasteiger partial charge in [-0.15, -0.1) is 11.3 Å². The third kappa shape index (κ3) is 4.10. The molecule has 16 heavy (non-hydrogen) atoms. The Morgan fingerprint density at radius 3 is 2.38 bits per heavy atom. The topological polar surface area (TPSA) is 28.2 Å². The van der Waals surface area contributed by atoms with Crippen LogP contribution in [0, 0.1) is 19.3 Å². The maximum Gasteiger partial charge on any atom is 0.183 e. The summed E-state index contributed by atoms with van der Waals surface area (Å²) in [5, 5.41) is 4.48. The molecule has 4 heteroatoms. The predicted octanol–water partition coefficient (Wildman–Crippen LogP) is 2.76. The van der Waals surface area contributed by atoms with E-state index in [2.05, 4.69) is 57.0 Å². The van der Waals surface area contributed by atoms with Crippen LogP contribution in [0.5, 0.6) is 0 Å². The predicted molar refractivity (Wildman–Crippen MR) is 72.4 cm³/mol. The molecule has 0 bridgehead atoms. The SMILES string of the molecule is Cc1nc(NCC(C)(C)CN(C)C)sc1C. The molecule has 3 nitrogen and oxygen atoms in total. The second-order valence-electron chi connectivity index (χ2n) is 5.42. The first kappa shape index (κ1) is 13.5. The number of rotatable bonds is 5. The molecule has 1 aromatic rings. The van der Waals surface area contributed by atoms with E-state index in [-0.39, 0.29) is 5.41 Å². The Morgan fingerprint density at radius 1 is 1.31 bits per heavy atom. The van der Waals surface area contributed by atoms with E-state index in [1.165, 1.54) is 4.88 Å². The van der Waals surface area contributed by atoms with E-state index < -0.39 is 0 Å². The van der Waals surface area contributed by atoms with Gasteiger partial charge in [-0.05, 0) is 33.4 Å². The number of nitrogens with one attached hydrogen (secondary N) is 1. The molecule has 0 aliphatic heterocycles. The third-order valence-electron chi connectivity index (χ3n) is 2.49. The van der Waals surface area contributed by atoms with Gasteiger partial charge >= 0.3 is 0 Å². The molecule has 0 amide bonds. The van der Waals surface area contributed by atoms with Crippen molar-refractivity contribution in [3.05, 3.63) is 10.6 Å². The molecule has 0 saturated carbocycles. The quantitative estimate of drug-likeness (QED) is 0.859. The van der Waals surface area contributed by atoms with Gasteiger partial charge in [0, 0.05) is 18.0 Å². The summed E-state index contributed by atoms with van der Waals surface area (Å²) in [7, 11) is 4.22. The van der Waals surface area contributed by atoms with Crippen LogP contribution in [0.15, 0.2) is 0 Å². The van der Waals surface area contributed by atoms with Gasteiger partial charge < -0.3 is 10.2 Å². The Kier molecular flexibility index (Phi) is 4.33. The van der Waals surface area contributed by atoms with Crippen LogP contribution in [0.25, 0.3) is 0 Å². The number of aryl methyl sites for hydroxylation is 2. The van der Waals surface area contributed by atoms with E-state index in [4.69, 9.17) is 0 Å². The summed E-state index contributed by atoms with van der Waals surface area (Å²) in [6.45, 7) is 10.7. The fourth-order valence-corrected chi connectivity index (χ4v) is 2.59. The Labute approximate surface area is 103 Å². The second kappa shape index (κ2) is 5.15. The normalized spacial score (nSPS) is 12.2. The van der Waals surface area contributed by atoms with Gasteiger partial charge in [-0.25, -0.2) is 4.98 Å². The standard InChI is InChI=1S/C12H23N3S/c1-9-10(2)16-11(14-9)13-7-12(3,4)8-15(5)6/h7-8H2,1-6H3,(H,13,14). The van der Waals surface area contributed by atoms with Gasteiger partial charge in [0.05, 0.1) is 5.69 Å². The van der Waals surface area contributed by atoms with E-state index >= 15 is 0 Å². The van der Waals surface area contributed by atoms with Crippen molar-refractivity contribution in [3.8, 4) is 0 Å². The zero-order valence-electron chi connectivity index (χ0n) is 11.2. The smallest absolute Gasteiger partial charge is 0.183 e. The number of aromatic nitrogens is 1. The minimum atomic E-state index is 0.261.